The number of benzene rings is 3. The van der Waals surface area contributed by atoms with Crippen LogP contribution in [0.15, 0.2) is 65.1 Å². The standard InChI is InChI=1S/C33H31F3N2O9/c1-41-23-13-20(14-24(42-2)29(23)45-5)37-31(40)32(27-11-10-22(47-27)18-8-7-9-19(12-18)33(34,35)36)17-28(39)38(32)21-15-25(43-3)30(46-6)26(16-21)44-4/h7-16H,17H2,1-6H3,(H,37,40). The van der Waals surface area contributed by atoms with Crippen molar-refractivity contribution >= 4 is 23.2 Å². The maximum Gasteiger partial charge on any atom is 0.416 e. The number of halogens is 3. The first-order valence-electron chi connectivity index (χ1n) is 14.0. The van der Waals surface area contributed by atoms with Gasteiger partial charge in [0.1, 0.15) is 11.5 Å². The van der Waals surface area contributed by atoms with E-state index in [0.717, 1.165) is 12.1 Å². The van der Waals surface area contributed by atoms with Crippen LogP contribution in [0.4, 0.5) is 24.5 Å². The van der Waals surface area contributed by atoms with E-state index in [0.29, 0.717) is 0 Å². The van der Waals surface area contributed by atoms with Crippen molar-refractivity contribution in [3.63, 3.8) is 0 Å². The molecule has 0 bridgehead atoms. The Morgan fingerprint density at radius 2 is 1.34 bits per heavy atom. The van der Waals surface area contributed by atoms with Gasteiger partial charge in [0.2, 0.25) is 17.4 Å². The van der Waals surface area contributed by atoms with Crippen LogP contribution >= 0.6 is 0 Å². The van der Waals surface area contributed by atoms with E-state index in [4.69, 9.17) is 32.8 Å². The molecule has 1 aromatic heterocycles. The Morgan fingerprint density at radius 1 is 0.787 bits per heavy atom. The molecule has 1 aliphatic rings. The molecule has 3 aromatic carbocycles. The molecule has 1 unspecified atom stereocenters. The highest BCUT2D eigenvalue weighted by Gasteiger charge is 2.61. The molecule has 0 radical (unpaired) electrons. The number of hydrogen-bond donors (Lipinski definition) is 1. The number of hydrogen-bond acceptors (Lipinski definition) is 9. The van der Waals surface area contributed by atoms with E-state index >= 15 is 0 Å². The summed E-state index contributed by atoms with van der Waals surface area (Å²) in [6, 6.07) is 13.5. The summed E-state index contributed by atoms with van der Waals surface area (Å²) in [7, 11) is 8.48. The predicted octanol–water partition coefficient (Wildman–Crippen LogP) is 6.29. The van der Waals surface area contributed by atoms with Crippen LogP contribution in [0.2, 0.25) is 0 Å². The molecule has 1 fully saturated rings. The molecule has 2 heterocycles. The summed E-state index contributed by atoms with van der Waals surface area (Å²) >= 11 is 0. The number of amides is 2. The first kappa shape index (κ1) is 32.9. The van der Waals surface area contributed by atoms with Crippen molar-refractivity contribution < 1.29 is 55.6 Å². The molecular weight excluding hydrogens is 625 g/mol. The summed E-state index contributed by atoms with van der Waals surface area (Å²) in [6.45, 7) is 0. The summed E-state index contributed by atoms with van der Waals surface area (Å²) in [6.07, 6.45) is -4.94. The van der Waals surface area contributed by atoms with Gasteiger partial charge in [-0.15, -0.1) is 0 Å². The van der Waals surface area contributed by atoms with Crippen molar-refractivity contribution in [2.75, 3.05) is 52.9 Å². The number of anilines is 2. The van der Waals surface area contributed by atoms with Crippen LogP contribution in [0.5, 0.6) is 34.5 Å². The average molecular weight is 657 g/mol. The Hall–Kier alpha value is -5.53. The number of carbonyl (C=O) groups is 2. The molecule has 0 saturated carbocycles. The summed E-state index contributed by atoms with van der Waals surface area (Å²) in [4.78, 5) is 29.1. The van der Waals surface area contributed by atoms with E-state index in [9.17, 15) is 22.8 Å². The second kappa shape index (κ2) is 12.7. The zero-order valence-corrected chi connectivity index (χ0v) is 26.2. The van der Waals surface area contributed by atoms with Crippen LogP contribution in [0, 0.1) is 0 Å². The lowest BCUT2D eigenvalue weighted by Crippen LogP contribution is -2.67. The molecule has 5 rings (SSSR count). The molecule has 0 aliphatic carbocycles. The van der Waals surface area contributed by atoms with Gasteiger partial charge in [-0.05, 0) is 24.3 Å². The monoisotopic (exact) mass is 656 g/mol. The van der Waals surface area contributed by atoms with Gasteiger partial charge in [-0.1, -0.05) is 12.1 Å². The summed E-state index contributed by atoms with van der Waals surface area (Å²) in [5, 5.41) is 2.82. The molecule has 248 valence electrons. The fraction of sp³-hybridized carbons (Fsp3) is 0.273. The van der Waals surface area contributed by atoms with Gasteiger partial charge in [0, 0.05) is 35.5 Å². The highest BCUT2D eigenvalue weighted by molar-refractivity contribution is 6.17. The normalized spacial score (nSPS) is 15.9. The van der Waals surface area contributed by atoms with E-state index in [-0.39, 0.29) is 69.4 Å². The van der Waals surface area contributed by atoms with Gasteiger partial charge in [0.25, 0.3) is 5.91 Å². The first-order chi connectivity index (χ1) is 22.4. The number of furan rings is 1. The third kappa shape index (κ3) is 5.70. The first-order valence-corrected chi connectivity index (χ1v) is 14.0. The van der Waals surface area contributed by atoms with E-state index in [1.54, 1.807) is 0 Å². The highest BCUT2D eigenvalue weighted by atomic mass is 19.4. The minimum atomic E-state index is -4.59. The number of rotatable bonds is 11. The molecule has 47 heavy (non-hydrogen) atoms. The summed E-state index contributed by atoms with van der Waals surface area (Å²) in [5.74, 6) is 0.356. The second-order valence-corrected chi connectivity index (χ2v) is 10.3. The molecule has 1 aliphatic heterocycles. The van der Waals surface area contributed by atoms with Crippen LogP contribution in [0.25, 0.3) is 11.3 Å². The topological polar surface area (TPSA) is 118 Å². The lowest BCUT2D eigenvalue weighted by Gasteiger charge is -2.49. The smallest absolute Gasteiger partial charge is 0.416 e. The van der Waals surface area contributed by atoms with Gasteiger partial charge < -0.3 is 38.2 Å². The van der Waals surface area contributed by atoms with Crippen LogP contribution in [0.1, 0.15) is 17.7 Å². The van der Waals surface area contributed by atoms with Gasteiger partial charge in [-0.2, -0.15) is 13.2 Å². The molecule has 1 saturated heterocycles. The maximum atomic E-state index is 14.4. The fourth-order valence-electron chi connectivity index (χ4n) is 5.50. The van der Waals surface area contributed by atoms with Crippen molar-refractivity contribution in [2.45, 2.75) is 18.1 Å². The number of β-lactam (4-membered cyclic amide) rings is 1. The van der Waals surface area contributed by atoms with E-state index in [1.165, 1.54) is 96.1 Å². The van der Waals surface area contributed by atoms with Crippen LogP contribution < -0.4 is 38.6 Å². The molecule has 1 N–H and O–H groups in total. The Bertz CT molecular complexity index is 1770. The molecular formula is C33H31F3N2O9. The van der Waals surface area contributed by atoms with Crippen LogP contribution in [-0.2, 0) is 21.3 Å². The molecule has 1 atom stereocenters. The van der Waals surface area contributed by atoms with Crippen molar-refractivity contribution in [3.8, 4) is 45.8 Å². The minimum absolute atomic E-state index is 0.0109. The van der Waals surface area contributed by atoms with Crippen LogP contribution in [-0.4, -0.2) is 54.5 Å². The molecule has 11 nitrogen and oxygen atoms in total. The molecule has 14 heteroatoms. The Morgan fingerprint density at radius 3 is 1.83 bits per heavy atom. The fourth-order valence-corrected chi connectivity index (χ4v) is 5.50. The van der Waals surface area contributed by atoms with Gasteiger partial charge in [0.15, 0.2) is 28.5 Å². The number of alkyl halides is 3. The van der Waals surface area contributed by atoms with Crippen molar-refractivity contribution in [1.29, 1.82) is 0 Å². The SMILES string of the molecule is COc1cc(NC(=O)C2(c3ccc(-c4cccc(C(F)(F)F)c4)o3)CC(=O)N2c2cc(OC)c(OC)c(OC)c2)cc(OC)c1OC. The van der Waals surface area contributed by atoms with E-state index < -0.39 is 29.1 Å². The Kier molecular flexibility index (Phi) is 8.87. The van der Waals surface area contributed by atoms with Crippen molar-refractivity contribution in [2.24, 2.45) is 0 Å². The molecule has 0 spiro atoms. The molecule has 4 aromatic rings. The van der Waals surface area contributed by atoms with Crippen LogP contribution in [0.3, 0.4) is 0 Å². The van der Waals surface area contributed by atoms with Crippen molar-refractivity contribution in [3.05, 3.63) is 72.0 Å². The number of ether oxygens (including phenoxy) is 6. The minimum Gasteiger partial charge on any atom is -0.493 e. The lowest BCUT2D eigenvalue weighted by atomic mass is 9.79. The highest BCUT2D eigenvalue weighted by Crippen LogP contribution is 2.51. The third-order valence-electron chi connectivity index (χ3n) is 7.73. The van der Waals surface area contributed by atoms with Gasteiger partial charge in [-0.25, -0.2) is 0 Å². The largest absolute Gasteiger partial charge is 0.493 e. The second-order valence-electron chi connectivity index (χ2n) is 10.3. The Labute approximate surface area is 267 Å². The van der Waals surface area contributed by atoms with Gasteiger partial charge in [-0.3, -0.25) is 14.5 Å². The van der Waals surface area contributed by atoms with Gasteiger partial charge >= 0.3 is 6.18 Å². The zero-order chi connectivity index (χ0) is 34.1. The summed E-state index contributed by atoms with van der Waals surface area (Å²) < 4.78 is 79.2. The third-order valence-corrected chi connectivity index (χ3v) is 7.73. The quantitative estimate of drug-likeness (QED) is 0.186. The molecule has 2 amide bonds. The van der Waals surface area contributed by atoms with Crippen molar-refractivity contribution in [1.82, 2.24) is 0 Å². The number of carbonyl (C=O) groups excluding carboxylic acids is 2. The summed E-state index contributed by atoms with van der Waals surface area (Å²) in [5.41, 5.74) is -2.13. The maximum absolute atomic E-state index is 14.4. The van der Waals surface area contributed by atoms with Gasteiger partial charge in [0.05, 0.1) is 60.3 Å². The Balaban J connectivity index is 1.66. The zero-order valence-electron chi connectivity index (χ0n) is 26.2. The number of nitrogens with one attached hydrogen (secondary N) is 1. The van der Waals surface area contributed by atoms with E-state index in [1.807, 2.05) is 0 Å². The lowest BCUT2D eigenvalue weighted by molar-refractivity contribution is -0.138. The predicted molar refractivity (Wildman–Crippen MR) is 164 cm³/mol. The number of nitrogens with zero attached hydrogens (tertiary/aromatic N) is 1. The number of methoxy groups -OCH3 is 6. The van der Waals surface area contributed by atoms with E-state index in [2.05, 4.69) is 5.32 Å². The average Bonchev–Trinajstić information content (AvgIpc) is 3.56.